The average molecular weight is 380 g/mol. The van der Waals surface area contributed by atoms with Gasteiger partial charge >= 0.3 is 6.03 Å². The molecule has 2 amide bonds. The van der Waals surface area contributed by atoms with Crippen LogP contribution in [0, 0.1) is 12.7 Å². The van der Waals surface area contributed by atoms with E-state index < -0.39 is 5.54 Å². The van der Waals surface area contributed by atoms with Crippen LogP contribution >= 0.6 is 0 Å². The number of nitrogens with one attached hydrogen (secondary N) is 2. The zero-order valence-corrected chi connectivity index (χ0v) is 15.5. The summed E-state index contributed by atoms with van der Waals surface area (Å²) in [7, 11) is 0. The van der Waals surface area contributed by atoms with Crippen LogP contribution in [0.2, 0.25) is 0 Å². The highest BCUT2D eigenvalue weighted by atomic mass is 19.1. The molecule has 4 rings (SSSR count). The van der Waals surface area contributed by atoms with Gasteiger partial charge in [-0.15, -0.1) is 5.10 Å². The number of halogens is 1. The molecule has 28 heavy (non-hydrogen) atoms. The summed E-state index contributed by atoms with van der Waals surface area (Å²) in [6.07, 6.45) is 5.21. The molecule has 0 radical (unpaired) electrons. The number of amides is 2. The first-order valence-corrected chi connectivity index (χ1v) is 9.25. The smallest absolute Gasteiger partial charge is 0.319 e. The molecule has 0 saturated heterocycles. The topological polar surface area (TPSA) is 84.7 Å². The van der Waals surface area contributed by atoms with Gasteiger partial charge in [0.15, 0.2) is 0 Å². The molecule has 144 valence electrons. The normalized spacial score (nSPS) is 15.4. The van der Waals surface area contributed by atoms with Crippen molar-refractivity contribution in [1.82, 2.24) is 25.5 Å². The minimum absolute atomic E-state index is 0.281. The third-order valence-corrected chi connectivity index (χ3v) is 5.27. The highest BCUT2D eigenvalue weighted by Gasteiger charge is 2.37. The third kappa shape index (κ3) is 3.58. The molecule has 1 aliphatic carbocycles. The van der Waals surface area contributed by atoms with Crippen LogP contribution in [0.4, 0.5) is 14.9 Å². The van der Waals surface area contributed by atoms with Crippen LogP contribution in [0.3, 0.4) is 0 Å². The van der Waals surface area contributed by atoms with E-state index in [2.05, 4.69) is 26.2 Å². The molecule has 1 aliphatic rings. The molecule has 0 unspecified atom stereocenters. The van der Waals surface area contributed by atoms with E-state index in [1.165, 1.54) is 18.5 Å². The monoisotopic (exact) mass is 380 g/mol. The predicted octanol–water partition coefficient (Wildman–Crippen LogP) is 3.70. The fourth-order valence-corrected chi connectivity index (χ4v) is 3.82. The second kappa shape index (κ2) is 7.38. The van der Waals surface area contributed by atoms with Crippen molar-refractivity contribution in [2.75, 3.05) is 5.32 Å². The summed E-state index contributed by atoms with van der Waals surface area (Å²) in [4.78, 5) is 12.8. The highest BCUT2D eigenvalue weighted by molar-refractivity contribution is 5.90. The lowest BCUT2D eigenvalue weighted by Crippen LogP contribution is -2.45. The molecule has 1 aromatic heterocycles. The van der Waals surface area contributed by atoms with Gasteiger partial charge in [0, 0.05) is 5.69 Å². The van der Waals surface area contributed by atoms with Gasteiger partial charge in [0.05, 0.1) is 11.2 Å². The number of rotatable bonds is 4. The quantitative estimate of drug-likeness (QED) is 0.723. The van der Waals surface area contributed by atoms with Crippen molar-refractivity contribution in [3.8, 4) is 5.69 Å². The van der Waals surface area contributed by atoms with Gasteiger partial charge in [-0.3, -0.25) is 0 Å². The minimum Gasteiger partial charge on any atom is -0.328 e. The maximum absolute atomic E-state index is 13.3. The number of carbonyl (C=O) groups is 1. The molecule has 0 bridgehead atoms. The summed E-state index contributed by atoms with van der Waals surface area (Å²) in [5.41, 5.74) is 2.87. The Kier molecular flexibility index (Phi) is 4.77. The van der Waals surface area contributed by atoms with Gasteiger partial charge < -0.3 is 10.6 Å². The van der Waals surface area contributed by atoms with Crippen LogP contribution in [0.1, 0.15) is 36.8 Å². The van der Waals surface area contributed by atoms with E-state index in [1.54, 1.807) is 16.8 Å². The molecule has 0 spiro atoms. The third-order valence-electron chi connectivity index (χ3n) is 5.27. The van der Waals surface area contributed by atoms with Gasteiger partial charge in [-0.05, 0) is 65.6 Å². The zero-order chi connectivity index (χ0) is 19.6. The second-order valence-corrected chi connectivity index (χ2v) is 7.13. The van der Waals surface area contributed by atoms with Crippen LogP contribution < -0.4 is 10.6 Å². The first kappa shape index (κ1) is 18.1. The number of hydrogen-bond acceptors (Lipinski definition) is 4. The molecule has 2 N–H and O–H groups in total. The number of hydrogen-bond donors (Lipinski definition) is 2. The highest BCUT2D eigenvalue weighted by Crippen LogP contribution is 2.38. The molecular weight excluding hydrogens is 359 g/mol. The fourth-order valence-electron chi connectivity index (χ4n) is 3.82. The number of tetrazole rings is 1. The number of nitrogens with zero attached hydrogens (tertiary/aromatic N) is 4. The van der Waals surface area contributed by atoms with E-state index in [4.69, 9.17) is 0 Å². The number of aromatic nitrogens is 4. The number of anilines is 1. The molecule has 0 atom stereocenters. The first-order valence-electron chi connectivity index (χ1n) is 9.25. The minimum atomic E-state index is -0.471. The van der Waals surface area contributed by atoms with Crippen LogP contribution in [-0.2, 0) is 5.54 Å². The second-order valence-electron chi connectivity index (χ2n) is 7.13. The van der Waals surface area contributed by atoms with Crippen molar-refractivity contribution in [2.45, 2.75) is 38.1 Å². The molecule has 3 aromatic rings. The van der Waals surface area contributed by atoms with E-state index in [0.29, 0.717) is 5.69 Å². The summed E-state index contributed by atoms with van der Waals surface area (Å²) in [5, 5.41) is 17.2. The first-order chi connectivity index (χ1) is 13.6. The zero-order valence-electron chi connectivity index (χ0n) is 15.5. The molecule has 1 fully saturated rings. The Morgan fingerprint density at radius 2 is 1.89 bits per heavy atom. The van der Waals surface area contributed by atoms with E-state index in [9.17, 15) is 9.18 Å². The summed E-state index contributed by atoms with van der Waals surface area (Å²) in [6, 6.07) is 11.6. The molecule has 0 aliphatic heterocycles. The fraction of sp³-hybridized carbons (Fsp3) is 0.300. The predicted molar refractivity (Wildman–Crippen MR) is 103 cm³/mol. The summed E-state index contributed by atoms with van der Waals surface area (Å²) < 4.78 is 14.9. The molecular formula is C20H21FN6O. The lowest BCUT2D eigenvalue weighted by atomic mass is 9.88. The number of benzene rings is 2. The van der Waals surface area contributed by atoms with Gasteiger partial charge in [0.1, 0.15) is 12.1 Å². The van der Waals surface area contributed by atoms with Gasteiger partial charge in [0.2, 0.25) is 0 Å². The van der Waals surface area contributed by atoms with E-state index in [0.717, 1.165) is 42.5 Å². The Hall–Kier alpha value is -3.29. The van der Waals surface area contributed by atoms with Crippen molar-refractivity contribution < 1.29 is 9.18 Å². The van der Waals surface area contributed by atoms with Gasteiger partial charge in [-0.1, -0.05) is 31.0 Å². The van der Waals surface area contributed by atoms with Gasteiger partial charge in [-0.25, -0.2) is 13.9 Å². The summed E-state index contributed by atoms with van der Waals surface area (Å²) in [5.74, 6) is -0.281. The van der Waals surface area contributed by atoms with E-state index in [1.807, 2.05) is 25.1 Å². The molecule has 8 heteroatoms. The number of aryl methyl sites for hydroxylation is 1. The SMILES string of the molecule is Cc1ccc(NC(=O)NC2(c3ccc(F)cc3)CCCC2)cc1-n1cnnn1. The van der Waals surface area contributed by atoms with E-state index in [-0.39, 0.29) is 11.8 Å². The Bertz CT molecular complexity index is 965. The molecule has 2 aromatic carbocycles. The van der Waals surface area contributed by atoms with Crippen molar-refractivity contribution >= 4 is 11.7 Å². The van der Waals surface area contributed by atoms with Crippen molar-refractivity contribution in [3.05, 3.63) is 65.7 Å². The van der Waals surface area contributed by atoms with Crippen LogP contribution in [0.25, 0.3) is 5.69 Å². The Morgan fingerprint density at radius 3 is 2.57 bits per heavy atom. The maximum atomic E-state index is 13.3. The van der Waals surface area contributed by atoms with Gasteiger partial charge in [0.25, 0.3) is 0 Å². The Morgan fingerprint density at radius 1 is 1.14 bits per heavy atom. The summed E-state index contributed by atoms with van der Waals surface area (Å²) in [6.45, 7) is 1.95. The number of carbonyl (C=O) groups excluding carboxylic acids is 1. The van der Waals surface area contributed by atoms with Crippen molar-refractivity contribution in [3.63, 3.8) is 0 Å². The summed E-state index contributed by atoms with van der Waals surface area (Å²) >= 11 is 0. The number of urea groups is 1. The standard InChI is InChI=1S/C20H21FN6O/c1-14-4-9-17(12-18(14)27-13-22-25-26-27)23-19(28)24-20(10-2-3-11-20)15-5-7-16(21)8-6-15/h4-9,12-13H,2-3,10-11H2,1H3,(H2,23,24,28). The molecule has 7 nitrogen and oxygen atoms in total. The van der Waals surface area contributed by atoms with Crippen molar-refractivity contribution in [2.24, 2.45) is 0 Å². The lowest BCUT2D eigenvalue weighted by molar-refractivity contribution is 0.236. The Balaban J connectivity index is 1.53. The lowest BCUT2D eigenvalue weighted by Gasteiger charge is -2.31. The maximum Gasteiger partial charge on any atom is 0.319 e. The van der Waals surface area contributed by atoms with Crippen molar-refractivity contribution in [1.29, 1.82) is 0 Å². The van der Waals surface area contributed by atoms with Crippen LogP contribution in [0.5, 0.6) is 0 Å². The average Bonchev–Trinajstić information content (AvgIpc) is 3.36. The van der Waals surface area contributed by atoms with Crippen LogP contribution in [0.15, 0.2) is 48.8 Å². The van der Waals surface area contributed by atoms with Gasteiger partial charge in [-0.2, -0.15) is 0 Å². The van der Waals surface area contributed by atoms with E-state index >= 15 is 0 Å². The molecule has 1 saturated carbocycles. The largest absolute Gasteiger partial charge is 0.328 e. The molecule has 1 heterocycles. The Labute approximate surface area is 162 Å². The van der Waals surface area contributed by atoms with Crippen LogP contribution in [-0.4, -0.2) is 26.2 Å².